The van der Waals surface area contributed by atoms with E-state index in [1.54, 1.807) is 26.4 Å². The summed E-state index contributed by atoms with van der Waals surface area (Å²) >= 11 is 1.26. The summed E-state index contributed by atoms with van der Waals surface area (Å²) in [5.74, 6) is 0.978. The van der Waals surface area contributed by atoms with E-state index < -0.39 is 10.0 Å². The molecule has 30 heavy (non-hydrogen) atoms. The van der Waals surface area contributed by atoms with Gasteiger partial charge in [-0.05, 0) is 49.9 Å². The zero-order valence-corrected chi connectivity index (χ0v) is 19.1. The van der Waals surface area contributed by atoms with Gasteiger partial charge in [-0.15, -0.1) is 11.3 Å². The van der Waals surface area contributed by atoms with Crippen LogP contribution in [0.3, 0.4) is 0 Å². The maximum Gasteiger partial charge on any atom is 0.252 e. The monoisotopic (exact) mass is 452 g/mol. The lowest BCUT2D eigenvalue weighted by Gasteiger charge is -2.30. The highest BCUT2D eigenvalue weighted by molar-refractivity contribution is 7.91. The standard InChI is InChI=1S/C21H28N2O5S2/c1-15-6-9-20(29-15)30(25,26)23-12-4-5-17(14-23)21(24)22-11-10-16-7-8-18(27-2)13-19(16)28-3/h6-9,13,17H,4-5,10-12,14H2,1-3H3,(H,22,24). The lowest BCUT2D eigenvalue weighted by atomic mass is 9.98. The minimum absolute atomic E-state index is 0.107. The van der Waals surface area contributed by atoms with E-state index in [-0.39, 0.29) is 18.4 Å². The number of nitrogens with one attached hydrogen (secondary N) is 1. The number of carbonyl (C=O) groups excluding carboxylic acids is 1. The van der Waals surface area contributed by atoms with Crippen molar-refractivity contribution in [3.63, 3.8) is 0 Å². The lowest BCUT2D eigenvalue weighted by molar-refractivity contribution is -0.126. The number of thiophene rings is 1. The molecule has 9 heteroatoms. The van der Waals surface area contributed by atoms with Crippen LogP contribution in [0.2, 0.25) is 0 Å². The molecule has 2 aromatic rings. The molecule has 7 nitrogen and oxygen atoms in total. The quantitative estimate of drug-likeness (QED) is 0.666. The minimum Gasteiger partial charge on any atom is -0.497 e. The van der Waals surface area contributed by atoms with Gasteiger partial charge in [0.25, 0.3) is 10.0 Å². The number of sulfonamides is 1. The fourth-order valence-corrected chi connectivity index (χ4v) is 6.54. The van der Waals surface area contributed by atoms with Crippen molar-refractivity contribution in [2.45, 2.75) is 30.4 Å². The number of benzene rings is 1. The Bertz CT molecular complexity index is 987. The number of aryl methyl sites for hydroxylation is 1. The summed E-state index contributed by atoms with van der Waals surface area (Å²) in [6.07, 6.45) is 1.98. The summed E-state index contributed by atoms with van der Waals surface area (Å²) in [4.78, 5) is 13.6. The first kappa shape index (κ1) is 22.6. The van der Waals surface area contributed by atoms with E-state index in [1.165, 1.54) is 15.6 Å². The second kappa shape index (κ2) is 9.80. The van der Waals surface area contributed by atoms with Gasteiger partial charge in [-0.25, -0.2) is 8.42 Å². The number of methoxy groups -OCH3 is 2. The molecular formula is C21H28N2O5S2. The second-order valence-corrected chi connectivity index (χ2v) is 10.7. The van der Waals surface area contributed by atoms with Gasteiger partial charge in [-0.2, -0.15) is 4.31 Å². The average molecular weight is 453 g/mol. The van der Waals surface area contributed by atoms with Crippen molar-refractivity contribution in [3.05, 3.63) is 40.8 Å². The Morgan fingerprint density at radius 1 is 1.23 bits per heavy atom. The Morgan fingerprint density at radius 2 is 2.03 bits per heavy atom. The molecule has 1 atom stereocenters. The zero-order chi connectivity index (χ0) is 21.7. The van der Waals surface area contributed by atoms with Crippen LogP contribution in [0.25, 0.3) is 0 Å². The molecule has 1 fully saturated rings. The minimum atomic E-state index is -3.54. The molecule has 0 radical (unpaired) electrons. The number of carbonyl (C=O) groups is 1. The Kier molecular flexibility index (Phi) is 7.38. The van der Waals surface area contributed by atoms with E-state index in [2.05, 4.69) is 5.32 Å². The SMILES string of the molecule is COc1ccc(CCNC(=O)C2CCCN(S(=O)(=O)c3ccc(C)s3)C2)c(OC)c1. The smallest absolute Gasteiger partial charge is 0.252 e. The van der Waals surface area contributed by atoms with Crippen LogP contribution >= 0.6 is 11.3 Å². The van der Waals surface area contributed by atoms with Gasteiger partial charge >= 0.3 is 0 Å². The van der Waals surface area contributed by atoms with Gasteiger partial charge in [0.1, 0.15) is 15.7 Å². The van der Waals surface area contributed by atoms with E-state index >= 15 is 0 Å². The molecule has 0 saturated carbocycles. The number of piperidine rings is 1. The van der Waals surface area contributed by atoms with Gasteiger partial charge in [-0.3, -0.25) is 4.79 Å². The summed E-state index contributed by atoms with van der Waals surface area (Å²) < 4.78 is 38.1. The lowest BCUT2D eigenvalue weighted by Crippen LogP contribution is -2.45. The molecule has 1 amide bonds. The third kappa shape index (κ3) is 5.14. The third-order valence-corrected chi connectivity index (χ3v) is 8.59. The van der Waals surface area contributed by atoms with Crippen LogP contribution in [-0.4, -0.2) is 52.5 Å². The molecule has 3 rings (SSSR count). The molecule has 1 aliphatic heterocycles. The van der Waals surface area contributed by atoms with Crippen molar-refractivity contribution in [2.75, 3.05) is 33.9 Å². The Hall–Kier alpha value is -2.10. The van der Waals surface area contributed by atoms with Crippen LogP contribution in [0, 0.1) is 12.8 Å². The van der Waals surface area contributed by atoms with Gasteiger partial charge < -0.3 is 14.8 Å². The highest BCUT2D eigenvalue weighted by Crippen LogP contribution is 2.28. The third-order valence-electron chi connectivity index (χ3n) is 5.25. The van der Waals surface area contributed by atoms with Crippen LogP contribution < -0.4 is 14.8 Å². The molecule has 1 aliphatic rings. The van der Waals surface area contributed by atoms with Crippen LogP contribution in [0.15, 0.2) is 34.5 Å². The van der Waals surface area contributed by atoms with Crippen molar-refractivity contribution >= 4 is 27.3 Å². The normalized spacial score (nSPS) is 17.5. The van der Waals surface area contributed by atoms with E-state index in [4.69, 9.17) is 9.47 Å². The number of hydrogen-bond acceptors (Lipinski definition) is 6. The summed E-state index contributed by atoms with van der Waals surface area (Å²) in [6.45, 7) is 3.01. The van der Waals surface area contributed by atoms with Crippen LogP contribution in [0.1, 0.15) is 23.3 Å². The average Bonchev–Trinajstić information content (AvgIpc) is 3.21. The van der Waals surface area contributed by atoms with E-state index in [1.807, 2.05) is 25.1 Å². The second-order valence-electron chi connectivity index (χ2n) is 7.29. The first-order chi connectivity index (χ1) is 14.3. The van der Waals surface area contributed by atoms with Crippen LogP contribution in [0.4, 0.5) is 0 Å². The number of rotatable bonds is 8. The van der Waals surface area contributed by atoms with Gasteiger partial charge in [0.15, 0.2) is 0 Å². The molecule has 1 saturated heterocycles. The number of amides is 1. The molecule has 2 heterocycles. The first-order valence-electron chi connectivity index (χ1n) is 9.90. The van der Waals surface area contributed by atoms with E-state index in [0.717, 1.165) is 10.4 Å². The van der Waals surface area contributed by atoms with Crippen molar-refractivity contribution in [1.82, 2.24) is 9.62 Å². The number of ether oxygens (including phenoxy) is 2. The largest absolute Gasteiger partial charge is 0.497 e. The first-order valence-corrected chi connectivity index (χ1v) is 12.2. The fourth-order valence-electron chi connectivity index (χ4n) is 3.58. The maximum atomic E-state index is 12.9. The molecule has 1 unspecified atom stereocenters. The van der Waals surface area contributed by atoms with Crippen molar-refractivity contribution in [1.29, 1.82) is 0 Å². The molecule has 1 aromatic heterocycles. The van der Waals surface area contributed by atoms with E-state index in [0.29, 0.717) is 48.1 Å². The predicted octanol–water partition coefficient (Wildman–Crippen LogP) is 2.83. The van der Waals surface area contributed by atoms with Gasteiger partial charge in [0.05, 0.1) is 20.1 Å². The zero-order valence-electron chi connectivity index (χ0n) is 17.5. The van der Waals surface area contributed by atoms with Gasteiger partial charge in [0, 0.05) is 30.6 Å². The van der Waals surface area contributed by atoms with Crippen molar-refractivity contribution in [2.24, 2.45) is 5.92 Å². The summed E-state index contributed by atoms with van der Waals surface area (Å²) in [7, 11) is -0.344. The molecule has 1 N–H and O–H groups in total. The molecule has 0 aliphatic carbocycles. The highest BCUT2D eigenvalue weighted by Gasteiger charge is 2.33. The predicted molar refractivity (Wildman–Crippen MR) is 117 cm³/mol. The summed E-state index contributed by atoms with van der Waals surface area (Å²) in [5.41, 5.74) is 0.972. The fraction of sp³-hybridized carbons (Fsp3) is 0.476. The van der Waals surface area contributed by atoms with Crippen molar-refractivity contribution in [3.8, 4) is 11.5 Å². The highest BCUT2D eigenvalue weighted by atomic mass is 32.2. The van der Waals surface area contributed by atoms with Gasteiger partial charge in [-0.1, -0.05) is 6.07 Å². The van der Waals surface area contributed by atoms with Crippen LogP contribution in [-0.2, 0) is 21.2 Å². The van der Waals surface area contributed by atoms with Gasteiger partial charge in [0.2, 0.25) is 5.91 Å². The van der Waals surface area contributed by atoms with Crippen molar-refractivity contribution < 1.29 is 22.7 Å². The summed E-state index contributed by atoms with van der Waals surface area (Å²) in [5, 5.41) is 2.95. The molecular weight excluding hydrogens is 424 g/mol. The Balaban J connectivity index is 1.57. The Labute approximate surface area is 182 Å². The number of nitrogens with zero attached hydrogens (tertiary/aromatic N) is 1. The maximum absolute atomic E-state index is 12.9. The topological polar surface area (TPSA) is 84.9 Å². The summed E-state index contributed by atoms with van der Waals surface area (Å²) in [6, 6.07) is 9.03. The number of hydrogen-bond donors (Lipinski definition) is 1. The molecule has 164 valence electrons. The molecule has 1 aromatic carbocycles. The molecule has 0 spiro atoms. The van der Waals surface area contributed by atoms with Crippen LogP contribution in [0.5, 0.6) is 11.5 Å². The Morgan fingerprint density at radius 3 is 2.70 bits per heavy atom. The van der Waals surface area contributed by atoms with E-state index in [9.17, 15) is 13.2 Å². The molecule has 0 bridgehead atoms.